The molecular weight excluding hydrogens is 281 g/mol. The third kappa shape index (κ3) is 4.36. The van der Waals surface area contributed by atoms with E-state index in [4.69, 9.17) is 10.00 Å². The van der Waals surface area contributed by atoms with Gasteiger partial charge in [0.25, 0.3) is 0 Å². The molecule has 0 bridgehead atoms. The molecule has 0 atom stereocenters. The molecule has 1 saturated carbocycles. The van der Waals surface area contributed by atoms with E-state index in [0.29, 0.717) is 24.8 Å². The fraction of sp³-hybridized carbons (Fsp3) is 0.533. The van der Waals surface area contributed by atoms with Crippen molar-refractivity contribution >= 4 is 5.69 Å². The number of halogens is 3. The molecule has 0 unspecified atom stereocenters. The Labute approximate surface area is 121 Å². The van der Waals surface area contributed by atoms with Crippen molar-refractivity contribution in [3.8, 4) is 6.07 Å². The zero-order chi connectivity index (χ0) is 15.5. The van der Waals surface area contributed by atoms with E-state index in [1.807, 2.05) is 6.07 Å². The fourth-order valence-electron chi connectivity index (χ4n) is 1.99. The Morgan fingerprint density at radius 3 is 2.67 bits per heavy atom. The van der Waals surface area contributed by atoms with Crippen LogP contribution in [0.4, 0.5) is 18.9 Å². The van der Waals surface area contributed by atoms with Crippen LogP contribution in [0, 0.1) is 17.2 Å². The summed E-state index contributed by atoms with van der Waals surface area (Å²) in [7, 11) is 1.74. The maximum Gasteiger partial charge on any atom is 0.416 e. The highest BCUT2D eigenvalue weighted by Gasteiger charge is 2.31. The summed E-state index contributed by atoms with van der Waals surface area (Å²) in [5.74, 6) is 0.677. The van der Waals surface area contributed by atoms with Gasteiger partial charge in [-0.3, -0.25) is 0 Å². The number of hydrogen-bond donors (Lipinski definition) is 0. The van der Waals surface area contributed by atoms with E-state index in [1.165, 1.54) is 18.9 Å². The Morgan fingerprint density at radius 1 is 1.38 bits per heavy atom. The summed E-state index contributed by atoms with van der Waals surface area (Å²) in [4.78, 5) is 1.74. The second-order valence-corrected chi connectivity index (χ2v) is 5.28. The highest BCUT2D eigenvalue weighted by Crippen LogP contribution is 2.32. The van der Waals surface area contributed by atoms with Gasteiger partial charge < -0.3 is 9.64 Å². The van der Waals surface area contributed by atoms with Crippen molar-refractivity contribution < 1.29 is 17.9 Å². The number of anilines is 1. The molecule has 0 aliphatic heterocycles. The summed E-state index contributed by atoms with van der Waals surface area (Å²) in [6.45, 7) is 1.78. The van der Waals surface area contributed by atoms with Crippen LogP contribution in [0.2, 0.25) is 0 Å². The first-order valence-corrected chi connectivity index (χ1v) is 6.82. The number of ether oxygens (including phenoxy) is 1. The molecule has 21 heavy (non-hydrogen) atoms. The van der Waals surface area contributed by atoms with Gasteiger partial charge in [-0.05, 0) is 37.0 Å². The molecule has 2 rings (SSSR count). The molecule has 1 fully saturated rings. The van der Waals surface area contributed by atoms with Crippen molar-refractivity contribution in [1.29, 1.82) is 5.26 Å². The van der Waals surface area contributed by atoms with Gasteiger partial charge >= 0.3 is 6.18 Å². The van der Waals surface area contributed by atoms with Crippen LogP contribution in [0.15, 0.2) is 18.2 Å². The maximum absolute atomic E-state index is 12.6. The van der Waals surface area contributed by atoms with E-state index in [9.17, 15) is 13.2 Å². The quantitative estimate of drug-likeness (QED) is 0.755. The highest BCUT2D eigenvalue weighted by atomic mass is 19.4. The van der Waals surface area contributed by atoms with E-state index >= 15 is 0 Å². The number of likely N-dealkylation sites (N-methyl/N-ethyl adjacent to an activating group) is 1. The van der Waals surface area contributed by atoms with Crippen LogP contribution in [0.25, 0.3) is 0 Å². The summed E-state index contributed by atoms with van der Waals surface area (Å²) in [5, 5.41) is 9.03. The lowest BCUT2D eigenvalue weighted by Gasteiger charge is -2.21. The van der Waals surface area contributed by atoms with Crippen molar-refractivity contribution in [2.75, 3.05) is 31.7 Å². The summed E-state index contributed by atoms with van der Waals surface area (Å²) in [6, 6.07) is 5.04. The van der Waals surface area contributed by atoms with Crippen LogP contribution in [-0.4, -0.2) is 26.8 Å². The molecule has 0 aromatic heterocycles. The number of alkyl halides is 3. The molecule has 0 spiro atoms. The Balaban J connectivity index is 1.98. The van der Waals surface area contributed by atoms with Gasteiger partial charge in [0.05, 0.1) is 23.4 Å². The summed E-state index contributed by atoms with van der Waals surface area (Å²) < 4.78 is 43.4. The minimum Gasteiger partial charge on any atom is -0.379 e. The predicted octanol–water partition coefficient (Wildman–Crippen LogP) is 3.44. The van der Waals surface area contributed by atoms with Gasteiger partial charge in [0.15, 0.2) is 0 Å². The monoisotopic (exact) mass is 298 g/mol. The zero-order valence-corrected chi connectivity index (χ0v) is 11.8. The minimum atomic E-state index is -4.43. The molecule has 0 N–H and O–H groups in total. The largest absolute Gasteiger partial charge is 0.416 e. The first-order chi connectivity index (χ1) is 9.91. The predicted molar refractivity (Wildman–Crippen MR) is 73.0 cm³/mol. The Bertz CT molecular complexity index is 533. The van der Waals surface area contributed by atoms with Crippen LogP contribution in [0.5, 0.6) is 0 Å². The smallest absolute Gasteiger partial charge is 0.379 e. The number of nitriles is 1. The highest BCUT2D eigenvalue weighted by molar-refractivity contribution is 5.60. The van der Waals surface area contributed by atoms with Gasteiger partial charge in [-0.15, -0.1) is 0 Å². The minimum absolute atomic E-state index is 0.0227. The van der Waals surface area contributed by atoms with Crippen LogP contribution >= 0.6 is 0 Å². The molecule has 0 heterocycles. The van der Waals surface area contributed by atoms with Gasteiger partial charge in [-0.1, -0.05) is 0 Å². The van der Waals surface area contributed by atoms with Gasteiger partial charge in [0, 0.05) is 20.2 Å². The second-order valence-electron chi connectivity index (χ2n) is 5.28. The molecule has 0 radical (unpaired) electrons. The molecule has 114 valence electrons. The lowest BCUT2D eigenvalue weighted by atomic mass is 10.1. The van der Waals surface area contributed by atoms with E-state index in [1.54, 1.807) is 11.9 Å². The topological polar surface area (TPSA) is 36.3 Å². The molecule has 1 aliphatic rings. The molecule has 6 heteroatoms. The van der Waals surface area contributed by atoms with Gasteiger partial charge in [0.1, 0.15) is 6.07 Å². The Morgan fingerprint density at radius 2 is 2.10 bits per heavy atom. The molecule has 0 amide bonds. The van der Waals surface area contributed by atoms with Crippen molar-refractivity contribution in [3.05, 3.63) is 29.3 Å². The second kappa shape index (κ2) is 6.35. The first-order valence-electron chi connectivity index (χ1n) is 6.82. The lowest BCUT2D eigenvalue weighted by molar-refractivity contribution is -0.137. The van der Waals surface area contributed by atoms with Gasteiger partial charge in [-0.25, -0.2) is 0 Å². The van der Waals surface area contributed by atoms with E-state index < -0.39 is 11.7 Å². The first kappa shape index (κ1) is 15.6. The number of hydrogen-bond acceptors (Lipinski definition) is 3. The van der Waals surface area contributed by atoms with Gasteiger partial charge in [0.2, 0.25) is 0 Å². The number of rotatable bonds is 6. The average molecular weight is 298 g/mol. The van der Waals surface area contributed by atoms with E-state index in [0.717, 1.165) is 18.7 Å². The van der Waals surface area contributed by atoms with Gasteiger partial charge in [-0.2, -0.15) is 18.4 Å². The average Bonchev–Trinajstić information content (AvgIpc) is 3.25. The van der Waals surface area contributed by atoms with Crippen LogP contribution in [0.3, 0.4) is 0 Å². The van der Waals surface area contributed by atoms with Crippen LogP contribution in [-0.2, 0) is 10.9 Å². The van der Waals surface area contributed by atoms with E-state index in [-0.39, 0.29) is 5.56 Å². The fourth-order valence-corrected chi connectivity index (χ4v) is 1.99. The number of nitrogens with zero attached hydrogens (tertiary/aromatic N) is 2. The van der Waals surface area contributed by atoms with Crippen LogP contribution in [0.1, 0.15) is 24.0 Å². The van der Waals surface area contributed by atoms with Crippen molar-refractivity contribution in [2.24, 2.45) is 5.92 Å². The normalized spacial score (nSPS) is 14.8. The summed E-state index contributed by atoms with van der Waals surface area (Å²) >= 11 is 0. The molecule has 1 aromatic carbocycles. The molecule has 1 aliphatic carbocycles. The third-order valence-electron chi connectivity index (χ3n) is 3.48. The maximum atomic E-state index is 12.6. The Kier molecular flexibility index (Phi) is 4.73. The van der Waals surface area contributed by atoms with Crippen LogP contribution < -0.4 is 4.90 Å². The molecule has 0 saturated heterocycles. The lowest BCUT2D eigenvalue weighted by Crippen LogP contribution is -2.24. The van der Waals surface area contributed by atoms with E-state index in [2.05, 4.69) is 0 Å². The Hall–Kier alpha value is -1.74. The van der Waals surface area contributed by atoms with Crippen molar-refractivity contribution in [1.82, 2.24) is 0 Å². The zero-order valence-electron chi connectivity index (χ0n) is 11.8. The van der Waals surface area contributed by atoms with Crippen molar-refractivity contribution in [3.63, 3.8) is 0 Å². The molecular formula is C15H17F3N2O. The van der Waals surface area contributed by atoms with Crippen molar-refractivity contribution in [2.45, 2.75) is 19.0 Å². The standard InChI is InChI=1S/C15H17F3N2O/c1-20(6-7-21-10-11-2-3-11)14-5-4-13(15(16,17)18)8-12(14)9-19/h4-5,8,11H,2-3,6-7,10H2,1H3. The molecule has 3 nitrogen and oxygen atoms in total. The summed E-state index contributed by atoms with van der Waals surface area (Å²) in [6.07, 6.45) is -2.00. The summed E-state index contributed by atoms with van der Waals surface area (Å²) in [5.41, 5.74) is -0.295. The molecule has 1 aromatic rings. The SMILES string of the molecule is CN(CCOCC1CC1)c1ccc(C(F)(F)F)cc1C#N. The number of benzene rings is 1. The third-order valence-corrected chi connectivity index (χ3v) is 3.48.